The lowest BCUT2D eigenvalue weighted by Crippen LogP contribution is -2.47. The van der Waals surface area contributed by atoms with Gasteiger partial charge in [-0.05, 0) is 25.2 Å². The van der Waals surface area contributed by atoms with Gasteiger partial charge in [0, 0.05) is 18.6 Å². The fourth-order valence-corrected chi connectivity index (χ4v) is 3.72. The van der Waals surface area contributed by atoms with Gasteiger partial charge in [0.05, 0.1) is 19.1 Å². The van der Waals surface area contributed by atoms with Crippen molar-refractivity contribution >= 4 is 5.91 Å². The molecule has 3 aliphatic rings. The van der Waals surface area contributed by atoms with E-state index in [0.29, 0.717) is 19.3 Å². The molecule has 17 heavy (non-hydrogen) atoms. The van der Waals surface area contributed by atoms with Crippen LogP contribution in [0.1, 0.15) is 32.1 Å². The summed E-state index contributed by atoms with van der Waals surface area (Å²) in [5.74, 6) is 0.923. The number of ether oxygens (including phenoxy) is 1. The third kappa shape index (κ3) is 1.97. The van der Waals surface area contributed by atoms with E-state index in [1.165, 1.54) is 32.1 Å². The first-order chi connectivity index (χ1) is 8.27. The molecule has 0 bridgehead atoms. The van der Waals surface area contributed by atoms with Crippen molar-refractivity contribution < 1.29 is 9.53 Å². The van der Waals surface area contributed by atoms with E-state index in [-0.39, 0.29) is 17.9 Å². The van der Waals surface area contributed by atoms with Crippen LogP contribution in [0, 0.1) is 11.8 Å². The second-order valence-electron chi connectivity index (χ2n) is 5.74. The standard InChI is InChI=1S/C13H22N2O2/c14-11-8-17-7-10(11)13(16)15-6-5-9-3-1-2-4-12(9)15/h9-12H,1-8,14H2. The molecule has 4 heteroatoms. The van der Waals surface area contributed by atoms with E-state index >= 15 is 0 Å². The van der Waals surface area contributed by atoms with Crippen LogP contribution in [-0.2, 0) is 9.53 Å². The molecule has 3 fully saturated rings. The first-order valence-electron chi connectivity index (χ1n) is 6.91. The van der Waals surface area contributed by atoms with Crippen LogP contribution in [0.15, 0.2) is 0 Å². The fraction of sp³-hybridized carbons (Fsp3) is 0.923. The predicted octanol–water partition coefficient (Wildman–Crippen LogP) is 0.751. The lowest BCUT2D eigenvalue weighted by Gasteiger charge is -2.33. The van der Waals surface area contributed by atoms with Gasteiger partial charge in [0.25, 0.3) is 0 Å². The van der Waals surface area contributed by atoms with Gasteiger partial charge in [-0.2, -0.15) is 0 Å². The second kappa shape index (κ2) is 4.58. The minimum absolute atomic E-state index is 0.0873. The first-order valence-corrected chi connectivity index (χ1v) is 6.91. The molecule has 3 rings (SSSR count). The Morgan fingerprint density at radius 3 is 2.76 bits per heavy atom. The highest BCUT2D eigenvalue weighted by molar-refractivity contribution is 5.80. The van der Waals surface area contributed by atoms with E-state index in [2.05, 4.69) is 4.90 Å². The summed E-state index contributed by atoms with van der Waals surface area (Å²) in [4.78, 5) is 14.6. The van der Waals surface area contributed by atoms with Crippen molar-refractivity contribution in [1.29, 1.82) is 0 Å². The van der Waals surface area contributed by atoms with Gasteiger partial charge < -0.3 is 15.4 Å². The summed E-state index contributed by atoms with van der Waals surface area (Å²) in [6.45, 7) is 2.00. The molecular formula is C13H22N2O2. The smallest absolute Gasteiger partial charge is 0.229 e. The molecule has 4 atom stereocenters. The maximum atomic E-state index is 12.5. The van der Waals surface area contributed by atoms with Gasteiger partial charge >= 0.3 is 0 Å². The van der Waals surface area contributed by atoms with E-state index in [4.69, 9.17) is 10.5 Å². The molecule has 96 valence electrons. The molecule has 2 heterocycles. The minimum Gasteiger partial charge on any atom is -0.379 e. The molecule has 0 spiro atoms. The number of amides is 1. The van der Waals surface area contributed by atoms with E-state index in [1.54, 1.807) is 0 Å². The number of nitrogens with two attached hydrogens (primary N) is 1. The van der Waals surface area contributed by atoms with E-state index < -0.39 is 0 Å². The Labute approximate surface area is 102 Å². The highest BCUT2D eigenvalue weighted by Gasteiger charge is 2.42. The Balaban J connectivity index is 1.69. The summed E-state index contributed by atoms with van der Waals surface area (Å²) in [6, 6.07) is 0.411. The number of carbonyl (C=O) groups is 1. The topological polar surface area (TPSA) is 55.6 Å². The molecule has 0 radical (unpaired) electrons. The third-order valence-electron chi connectivity index (χ3n) is 4.73. The summed E-state index contributed by atoms with van der Waals surface area (Å²) in [5, 5.41) is 0. The molecule has 1 aliphatic carbocycles. The molecule has 1 amide bonds. The molecule has 2 N–H and O–H groups in total. The van der Waals surface area contributed by atoms with Crippen molar-refractivity contribution in [3.63, 3.8) is 0 Å². The number of hydrogen-bond acceptors (Lipinski definition) is 3. The Hall–Kier alpha value is -0.610. The first kappa shape index (κ1) is 11.5. The summed E-state index contributed by atoms with van der Waals surface area (Å²) < 4.78 is 5.31. The number of rotatable bonds is 1. The van der Waals surface area contributed by atoms with Gasteiger partial charge in [-0.3, -0.25) is 4.79 Å². The molecule has 0 aromatic rings. The van der Waals surface area contributed by atoms with Gasteiger partial charge in [-0.15, -0.1) is 0 Å². The van der Waals surface area contributed by atoms with Crippen molar-refractivity contribution in [3.05, 3.63) is 0 Å². The molecule has 1 saturated carbocycles. The van der Waals surface area contributed by atoms with Crippen LogP contribution < -0.4 is 5.73 Å². The van der Waals surface area contributed by atoms with Crippen LogP contribution in [-0.4, -0.2) is 42.6 Å². The zero-order chi connectivity index (χ0) is 11.8. The van der Waals surface area contributed by atoms with Gasteiger partial charge in [-0.25, -0.2) is 0 Å². The molecule has 0 aromatic heterocycles. The number of fused-ring (bicyclic) bond motifs is 1. The summed E-state index contributed by atoms with van der Waals surface area (Å²) >= 11 is 0. The Morgan fingerprint density at radius 1 is 1.18 bits per heavy atom. The van der Waals surface area contributed by atoms with Crippen LogP contribution >= 0.6 is 0 Å². The molecule has 0 aromatic carbocycles. The summed E-state index contributed by atoms with van der Waals surface area (Å²) in [6.07, 6.45) is 6.31. The van der Waals surface area contributed by atoms with E-state index in [9.17, 15) is 4.79 Å². The fourth-order valence-electron chi connectivity index (χ4n) is 3.72. The summed E-state index contributed by atoms with van der Waals surface area (Å²) in [5.41, 5.74) is 5.94. The van der Waals surface area contributed by atoms with Gasteiger partial charge in [-0.1, -0.05) is 12.8 Å². The van der Waals surface area contributed by atoms with E-state index in [1.807, 2.05) is 0 Å². The highest BCUT2D eigenvalue weighted by Crippen LogP contribution is 2.37. The maximum absolute atomic E-state index is 12.5. The molecule has 2 saturated heterocycles. The Kier molecular flexibility index (Phi) is 3.09. The predicted molar refractivity (Wildman–Crippen MR) is 64.4 cm³/mol. The number of likely N-dealkylation sites (tertiary alicyclic amines) is 1. The quantitative estimate of drug-likeness (QED) is 0.733. The minimum atomic E-state index is -0.0925. The second-order valence-corrected chi connectivity index (χ2v) is 5.74. The van der Waals surface area contributed by atoms with Crippen LogP contribution in [0.25, 0.3) is 0 Å². The number of carbonyl (C=O) groups excluding carboxylic acids is 1. The molecule has 4 unspecified atom stereocenters. The van der Waals surface area contributed by atoms with Crippen LogP contribution in [0.4, 0.5) is 0 Å². The van der Waals surface area contributed by atoms with Crippen LogP contribution in [0.3, 0.4) is 0 Å². The van der Waals surface area contributed by atoms with Gasteiger partial charge in [0.15, 0.2) is 0 Å². The largest absolute Gasteiger partial charge is 0.379 e. The third-order valence-corrected chi connectivity index (χ3v) is 4.73. The number of nitrogens with zero attached hydrogens (tertiary/aromatic N) is 1. The Morgan fingerprint density at radius 2 is 2.00 bits per heavy atom. The zero-order valence-electron chi connectivity index (χ0n) is 10.3. The van der Waals surface area contributed by atoms with Crippen LogP contribution in [0.5, 0.6) is 0 Å². The van der Waals surface area contributed by atoms with Crippen molar-refractivity contribution in [3.8, 4) is 0 Å². The average molecular weight is 238 g/mol. The van der Waals surface area contributed by atoms with Crippen molar-refractivity contribution in [2.45, 2.75) is 44.2 Å². The monoisotopic (exact) mass is 238 g/mol. The van der Waals surface area contributed by atoms with Crippen molar-refractivity contribution in [2.24, 2.45) is 17.6 Å². The Bertz CT molecular complexity index is 308. The van der Waals surface area contributed by atoms with Crippen LogP contribution in [0.2, 0.25) is 0 Å². The zero-order valence-corrected chi connectivity index (χ0v) is 10.3. The van der Waals surface area contributed by atoms with Gasteiger partial charge in [0.2, 0.25) is 5.91 Å². The SMILES string of the molecule is NC1COCC1C(=O)N1CCC2CCCCC21. The molecule has 2 aliphatic heterocycles. The van der Waals surface area contributed by atoms with Gasteiger partial charge in [0.1, 0.15) is 0 Å². The molecule has 4 nitrogen and oxygen atoms in total. The van der Waals surface area contributed by atoms with E-state index in [0.717, 1.165) is 12.5 Å². The van der Waals surface area contributed by atoms with Crippen molar-refractivity contribution in [2.75, 3.05) is 19.8 Å². The highest BCUT2D eigenvalue weighted by atomic mass is 16.5. The van der Waals surface area contributed by atoms with Crippen molar-refractivity contribution in [1.82, 2.24) is 4.90 Å². The maximum Gasteiger partial charge on any atom is 0.229 e. The normalized spacial score (nSPS) is 41.6. The molecular weight excluding hydrogens is 216 g/mol. The average Bonchev–Trinajstić information content (AvgIpc) is 2.94. The summed E-state index contributed by atoms with van der Waals surface area (Å²) in [7, 11) is 0. The number of hydrogen-bond donors (Lipinski definition) is 1. The lowest BCUT2D eigenvalue weighted by atomic mass is 9.85. The lowest BCUT2D eigenvalue weighted by molar-refractivity contribution is -0.137.